The molecule has 28 heavy (non-hydrogen) atoms. The Morgan fingerprint density at radius 2 is 1.75 bits per heavy atom. The van der Waals surface area contributed by atoms with Gasteiger partial charge in [0.25, 0.3) is 11.8 Å². The summed E-state index contributed by atoms with van der Waals surface area (Å²) in [5.74, 6) is 0.608. The van der Waals surface area contributed by atoms with Crippen LogP contribution in [0.15, 0.2) is 46.9 Å². The van der Waals surface area contributed by atoms with Crippen molar-refractivity contribution < 1.29 is 14.3 Å². The van der Waals surface area contributed by atoms with E-state index in [1.165, 1.54) is 0 Å². The lowest BCUT2D eigenvalue weighted by molar-refractivity contribution is -0.118. The number of ether oxygens (including phenoxy) is 1. The van der Waals surface area contributed by atoms with Gasteiger partial charge >= 0.3 is 0 Å². The predicted molar refractivity (Wildman–Crippen MR) is 116 cm³/mol. The summed E-state index contributed by atoms with van der Waals surface area (Å²) in [4.78, 5) is 24.3. The molecule has 2 N–H and O–H groups in total. The van der Waals surface area contributed by atoms with E-state index in [1.807, 2.05) is 32.0 Å². The van der Waals surface area contributed by atoms with E-state index in [0.29, 0.717) is 17.0 Å². The summed E-state index contributed by atoms with van der Waals surface area (Å²) in [5.41, 5.74) is 2.22. The van der Waals surface area contributed by atoms with Crippen LogP contribution in [0.3, 0.4) is 0 Å². The quantitative estimate of drug-likeness (QED) is 0.591. The van der Waals surface area contributed by atoms with Gasteiger partial charge in [-0.05, 0) is 67.3 Å². The minimum absolute atomic E-state index is 0.0857. The van der Waals surface area contributed by atoms with E-state index in [0.717, 1.165) is 16.5 Å². The van der Waals surface area contributed by atoms with Crippen molar-refractivity contribution in [2.45, 2.75) is 46.1 Å². The summed E-state index contributed by atoms with van der Waals surface area (Å²) in [5, 5.41) is 5.70. The van der Waals surface area contributed by atoms with Crippen LogP contribution in [0.25, 0.3) is 0 Å². The van der Waals surface area contributed by atoms with Crippen molar-refractivity contribution in [2.75, 3.05) is 11.9 Å². The van der Waals surface area contributed by atoms with E-state index in [1.54, 1.807) is 24.3 Å². The number of rotatable bonds is 8. The van der Waals surface area contributed by atoms with E-state index in [9.17, 15) is 9.59 Å². The largest absolute Gasteiger partial charge is 0.483 e. The molecule has 0 aliphatic carbocycles. The van der Waals surface area contributed by atoms with Gasteiger partial charge in [-0.2, -0.15) is 0 Å². The zero-order chi connectivity index (χ0) is 20.7. The summed E-state index contributed by atoms with van der Waals surface area (Å²) < 4.78 is 6.69. The lowest BCUT2D eigenvalue weighted by Crippen LogP contribution is -2.31. The van der Waals surface area contributed by atoms with Gasteiger partial charge in [0.05, 0.1) is 0 Å². The molecule has 2 aromatic rings. The molecule has 0 aliphatic heterocycles. The number of hydrogen-bond donors (Lipinski definition) is 2. The SMILES string of the molecule is CCC(C)NC(=O)c1ccc(NC(=O)COc2ccc(Br)cc2C(C)C)cc1. The number of carbonyl (C=O) groups is 2. The number of hydrogen-bond acceptors (Lipinski definition) is 3. The first-order valence-electron chi connectivity index (χ1n) is 9.43. The fraction of sp³-hybridized carbons (Fsp3) is 0.364. The fourth-order valence-corrected chi connectivity index (χ4v) is 2.94. The number of benzene rings is 2. The first-order chi connectivity index (χ1) is 13.3. The molecule has 0 bridgehead atoms. The maximum Gasteiger partial charge on any atom is 0.262 e. The lowest BCUT2D eigenvalue weighted by atomic mass is 10.0. The highest BCUT2D eigenvalue weighted by atomic mass is 79.9. The summed E-state index contributed by atoms with van der Waals surface area (Å²) >= 11 is 3.46. The van der Waals surface area contributed by atoms with E-state index < -0.39 is 0 Å². The first kappa shape index (κ1) is 22.0. The van der Waals surface area contributed by atoms with Gasteiger partial charge in [-0.25, -0.2) is 0 Å². The Morgan fingerprint density at radius 3 is 2.36 bits per heavy atom. The van der Waals surface area contributed by atoms with Crippen molar-refractivity contribution in [2.24, 2.45) is 0 Å². The molecule has 0 saturated heterocycles. The Hall–Kier alpha value is -2.34. The highest BCUT2D eigenvalue weighted by Gasteiger charge is 2.12. The molecule has 0 fully saturated rings. The lowest BCUT2D eigenvalue weighted by Gasteiger charge is -2.14. The molecule has 1 atom stereocenters. The number of halogens is 1. The maximum atomic E-state index is 12.2. The van der Waals surface area contributed by atoms with E-state index in [-0.39, 0.29) is 30.4 Å². The zero-order valence-corrected chi connectivity index (χ0v) is 18.3. The average molecular weight is 447 g/mol. The Labute approximate surface area is 175 Å². The van der Waals surface area contributed by atoms with Crippen molar-refractivity contribution in [1.82, 2.24) is 5.32 Å². The standard InChI is InChI=1S/C22H27BrN2O3/c1-5-15(4)24-22(27)16-6-9-18(10-7-16)25-21(26)13-28-20-11-8-17(23)12-19(20)14(2)3/h6-12,14-15H,5,13H2,1-4H3,(H,24,27)(H,25,26). The Bertz CT molecular complexity index is 819. The second-order valence-electron chi connectivity index (χ2n) is 7.03. The molecule has 5 nitrogen and oxygen atoms in total. The topological polar surface area (TPSA) is 67.4 Å². The molecular weight excluding hydrogens is 420 g/mol. The van der Waals surface area contributed by atoms with Crippen LogP contribution in [-0.4, -0.2) is 24.5 Å². The van der Waals surface area contributed by atoms with E-state index >= 15 is 0 Å². The summed E-state index contributed by atoms with van der Waals surface area (Å²) in [6.07, 6.45) is 0.872. The van der Waals surface area contributed by atoms with Gasteiger partial charge in [-0.15, -0.1) is 0 Å². The highest BCUT2D eigenvalue weighted by molar-refractivity contribution is 9.10. The molecule has 6 heteroatoms. The van der Waals surface area contributed by atoms with E-state index in [4.69, 9.17) is 4.74 Å². The van der Waals surface area contributed by atoms with Gasteiger partial charge in [-0.3, -0.25) is 9.59 Å². The third-order valence-electron chi connectivity index (χ3n) is 4.37. The molecule has 0 heterocycles. The van der Waals surface area contributed by atoms with Crippen LogP contribution in [0.1, 0.15) is 56.0 Å². The monoisotopic (exact) mass is 446 g/mol. The molecule has 0 radical (unpaired) electrons. The molecule has 0 aliphatic rings. The van der Waals surface area contributed by atoms with E-state index in [2.05, 4.69) is 40.4 Å². The van der Waals surface area contributed by atoms with Crippen molar-refractivity contribution in [3.63, 3.8) is 0 Å². The van der Waals surface area contributed by atoms with Crippen molar-refractivity contribution in [3.05, 3.63) is 58.1 Å². The summed E-state index contributed by atoms with van der Waals surface area (Å²) in [6, 6.07) is 12.7. The highest BCUT2D eigenvalue weighted by Crippen LogP contribution is 2.29. The fourth-order valence-electron chi connectivity index (χ4n) is 2.56. The maximum absolute atomic E-state index is 12.2. The number of nitrogens with one attached hydrogen (secondary N) is 2. The molecule has 0 saturated carbocycles. The van der Waals surface area contributed by atoms with Crippen LogP contribution in [0.4, 0.5) is 5.69 Å². The minimum atomic E-state index is -0.255. The Balaban J connectivity index is 1.92. The van der Waals surface area contributed by atoms with Crippen molar-refractivity contribution in [3.8, 4) is 5.75 Å². The van der Waals surface area contributed by atoms with Gasteiger partial charge in [0, 0.05) is 21.8 Å². The minimum Gasteiger partial charge on any atom is -0.483 e. The number of carbonyl (C=O) groups excluding carboxylic acids is 2. The third kappa shape index (κ3) is 6.37. The Kier molecular flexibility index (Phi) is 8.05. The van der Waals surface area contributed by atoms with Crippen molar-refractivity contribution >= 4 is 33.4 Å². The van der Waals surface area contributed by atoms with Crippen molar-refractivity contribution in [1.29, 1.82) is 0 Å². The van der Waals surface area contributed by atoms with Gasteiger partial charge in [-0.1, -0.05) is 36.7 Å². The van der Waals surface area contributed by atoms with Crippen LogP contribution < -0.4 is 15.4 Å². The van der Waals surface area contributed by atoms with Crippen LogP contribution in [-0.2, 0) is 4.79 Å². The normalized spacial score (nSPS) is 11.8. The van der Waals surface area contributed by atoms with Crippen LogP contribution >= 0.6 is 15.9 Å². The number of anilines is 1. The van der Waals surface area contributed by atoms with Crippen LogP contribution in [0, 0.1) is 0 Å². The molecule has 2 aromatic carbocycles. The molecule has 2 rings (SSSR count). The Morgan fingerprint density at radius 1 is 1.07 bits per heavy atom. The molecule has 0 aromatic heterocycles. The zero-order valence-electron chi connectivity index (χ0n) is 16.7. The molecular formula is C22H27BrN2O3. The second-order valence-corrected chi connectivity index (χ2v) is 7.95. The molecule has 0 spiro atoms. The van der Waals surface area contributed by atoms with Gasteiger partial charge in [0.2, 0.25) is 0 Å². The summed E-state index contributed by atoms with van der Waals surface area (Å²) in [7, 11) is 0. The first-order valence-corrected chi connectivity index (χ1v) is 10.2. The number of amides is 2. The van der Waals surface area contributed by atoms with Gasteiger partial charge in [0.1, 0.15) is 5.75 Å². The second kappa shape index (κ2) is 10.3. The van der Waals surface area contributed by atoms with Gasteiger partial charge in [0.15, 0.2) is 6.61 Å². The van der Waals surface area contributed by atoms with Gasteiger partial charge < -0.3 is 15.4 Å². The third-order valence-corrected chi connectivity index (χ3v) is 4.87. The average Bonchev–Trinajstić information content (AvgIpc) is 2.67. The van der Waals surface area contributed by atoms with Crippen LogP contribution in [0.2, 0.25) is 0 Å². The smallest absolute Gasteiger partial charge is 0.262 e. The summed E-state index contributed by atoms with van der Waals surface area (Å²) in [6.45, 7) is 8.05. The molecule has 2 amide bonds. The molecule has 1 unspecified atom stereocenters. The van der Waals surface area contributed by atoms with Crippen LogP contribution in [0.5, 0.6) is 5.75 Å². The molecule has 150 valence electrons. The predicted octanol–water partition coefficient (Wildman–Crippen LogP) is 5.12.